The molecule has 0 spiro atoms. The highest BCUT2D eigenvalue weighted by atomic mass is 16.8. The molecule has 10 atom stereocenters. The van der Waals surface area contributed by atoms with Crippen molar-refractivity contribution in [3.63, 3.8) is 0 Å². The van der Waals surface area contributed by atoms with E-state index in [2.05, 4.69) is 0 Å². The topological polar surface area (TPSA) is 202 Å². The highest BCUT2D eigenvalue weighted by Gasteiger charge is 2.51. The van der Waals surface area contributed by atoms with Crippen LogP contribution in [0.25, 0.3) is 0 Å². The fourth-order valence-corrected chi connectivity index (χ4v) is 3.33. The summed E-state index contributed by atoms with van der Waals surface area (Å²) in [5.41, 5.74) is 0.493. The van der Waals surface area contributed by atoms with Crippen LogP contribution in [0.3, 0.4) is 0 Å². The van der Waals surface area contributed by atoms with Gasteiger partial charge in [-0.1, -0.05) is 12.2 Å². The predicted octanol–water partition coefficient (Wildman–Crippen LogP) is -2.36. The van der Waals surface area contributed by atoms with Gasteiger partial charge in [0.25, 0.3) is 0 Å². The normalized spacial score (nSPS) is 38.7. The van der Waals surface area contributed by atoms with E-state index in [9.17, 15) is 40.2 Å². The van der Waals surface area contributed by atoms with Gasteiger partial charge < -0.3 is 54.3 Å². The molecular formula is C22H34O13. The van der Waals surface area contributed by atoms with Crippen molar-refractivity contribution >= 4 is 11.9 Å². The van der Waals surface area contributed by atoms with Crippen molar-refractivity contribution in [2.75, 3.05) is 13.2 Å². The van der Waals surface area contributed by atoms with E-state index in [-0.39, 0.29) is 5.57 Å². The number of aliphatic hydroxyl groups is 6. The molecule has 2 fully saturated rings. The maximum absolute atomic E-state index is 12.2. The first kappa shape index (κ1) is 29.3. The summed E-state index contributed by atoms with van der Waals surface area (Å²) in [6.07, 6.45) is -13.3. The Morgan fingerprint density at radius 1 is 0.771 bits per heavy atom. The summed E-state index contributed by atoms with van der Waals surface area (Å²) in [5.74, 6) is -1.52. The van der Waals surface area contributed by atoms with Crippen LogP contribution in [-0.4, -0.2) is 117 Å². The Labute approximate surface area is 202 Å². The highest BCUT2D eigenvalue weighted by Crippen LogP contribution is 2.29. The van der Waals surface area contributed by atoms with Crippen LogP contribution in [0.15, 0.2) is 23.3 Å². The van der Waals surface area contributed by atoms with Crippen LogP contribution in [0, 0.1) is 0 Å². The van der Waals surface area contributed by atoms with Crippen LogP contribution in [-0.2, 0) is 33.3 Å². The number of hydrogen-bond donors (Lipinski definition) is 6. The number of allylic oxidation sites excluding steroid dienone is 2. The highest BCUT2D eigenvalue weighted by molar-refractivity contribution is 5.88. The van der Waals surface area contributed by atoms with E-state index in [1.807, 2.05) is 0 Å². The second-order valence-corrected chi connectivity index (χ2v) is 8.27. The molecular weight excluding hydrogens is 472 g/mol. The van der Waals surface area contributed by atoms with Crippen molar-refractivity contribution < 1.29 is 63.9 Å². The predicted molar refractivity (Wildman–Crippen MR) is 115 cm³/mol. The fraction of sp³-hybridized carbons (Fsp3) is 0.727. The van der Waals surface area contributed by atoms with Crippen LogP contribution >= 0.6 is 0 Å². The number of carbonyl (C=O) groups excluding carboxylic acids is 2. The minimum Gasteiger partial charge on any atom is -0.459 e. The van der Waals surface area contributed by atoms with Crippen LogP contribution in [0.4, 0.5) is 0 Å². The molecule has 2 aliphatic heterocycles. The first-order valence-corrected chi connectivity index (χ1v) is 11.1. The van der Waals surface area contributed by atoms with Gasteiger partial charge in [0.2, 0.25) is 0 Å². The van der Waals surface area contributed by atoms with Crippen molar-refractivity contribution in [1.29, 1.82) is 0 Å². The van der Waals surface area contributed by atoms with E-state index in [1.54, 1.807) is 13.8 Å². The third-order valence-electron chi connectivity index (χ3n) is 5.89. The molecule has 6 N–H and O–H groups in total. The molecule has 2 saturated heterocycles. The molecule has 2 rings (SSSR count). The van der Waals surface area contributed by atoms with Gasteiger partial charge in [-0.15, -0.1) is 0 Å². The van der Waals surface area contributed by atoms with Gasteiger partial charge in [0.1, 0.15) is 49.3 Å². The summed E-state index contributed by atoms with van der Waals surface area (Å²) in [6, 6.07) is 0. The Balaban J connectivity index is 2.16. The van der Waals surface area contributed by atoms with E-state index in [0.29, 0.717) is 5.57 Å². The van der Waals surface area contributed by atoms with Crippen LogP contribution < -0.4 is 0 Å². The van der Waals surface area contributed by atoms with E-state index >= 15 is 0 Å². The summed E-state index contributed by atoms with van der Waals surface area (Å²) in [7, 11) is 0. The monoisotopic (exact) mass is 506 g/mol. The molecule has 200 valence electrons. The number of ether oxygens (including phenoxy) is 5. The number of aliphatic hydroxyl groups excluding tert-OH is 6. The number of hydrogen-bond acceptors (Lipinski definition) is 13. The minimum atomic E-state index is -1.82. The molecule has 0 aromatic rings. The lowest BCUT2D eigenvalue weighted by atomic mass is 9.97. The lowest BCUT2D eigenvalue weighted by Crippen LogP contribution is -2.64. The van der Waals surface area contributed by atoms with Crippen LogP contribution in [0.2, 0.25) is 0 Å². The summed E-state index contributed by atoms with van der Waals surface area (Å²) >= 11 is 0. The van der Waals surface area contributed by atoms with Crippen molar-refractivity contribution in [3.8, 4) is 0 Å². The van der Waals surface area contributed by atoms with Gasteiger partial charge in [0, 0.05) is 11.1 Å². The smallest absolute Gasteiger partial charge is 0.333 e. The van der Waals surface area contributed by atoms with E-state index in [1.165, 1.54) is 26.0 Å². The maximum Gasteiger partial charge on any atom is 0.333 e. The minimum absolute atomic E-state index is 0.197. The van der Waals surface area contributed by atoms with Crippen LogP contribution in [0.1, 0.15) is 27.7 Å². The van der Waals surface area contributed by atoms with Gasteiger partial charge in [-0.3, -0.25) is 0 Å². The first-order chi connectivity index (χ1) is 16.5. The third kappa shape index (κ3) is 6.84. The Morgan fingerprint density at radius 3 is 1.89 bits per heavy atom. The Bertz CT molecular complexity index is 796. The molecule has 0 aromatic carbocycles. The maximum atomic E-state index is 12.2. The second kappa shape index (κ2) is 12.9. The third-order valence-corrected chi connectivity index (χ3v) is 5.89. The molecule has 0 bridgehead atoms. The zero-order valence-corrected chi connectivity index (χ0v) is 19.9. The molecule has 13 nitrogen and oxygen atoms in total. The van der Waals surface area contributed by atoms with Gasteiger partial charge in [0.05, 0.1) is 6.61 Å². The zero-order valence-electron chi connectivity index (χ0n) is 19.9. The Hall–Kier alpha value is -1.94. The van der Waals surface area contributed by atoms with Gasteiger partial charge in [-0.2, -0.15) is 0 Å². The SMILES string of the molecule is C/C=C(/C)C(=O)OC[C@H]1O[C@H](O[C@H]2O[C@H](CO)[C@@H](O)[C@H](OC(=O)/C(C)=C\C)[C@H]2O)[C@H](O)[C@@H](O)[C@@H]1O. The second-order valence-electron chi connectivity index (χ2n) is 8.27. The summed E-state index contributed by atoms with van der Waals surface area (Å²) in [6.45, 7) is 4.96. The average Bonchev–Trinajstić information content (AvgIpc) is 2.85. The number of esters is 2. The van der Waals surface area contributed by atoms with Gasteiger partial charge in [0.15, 0.2) is 18.7 Å². The molecule has 2 heterocycles. The molecule has 0 saturated carbocycles. The molecule has 13 heteroatoms. The number of rotatable bonds is 8. The summed E-state index contributed by atoms with van der Waals surface area (Å²) < 4.78 is 26.5. The summed E-state index contributed by atoms with van der Waals surface area (Å²) in [5, 5.41) is 61.4. The van der Waals surface area contributed by atoms with Gasteiger partial charge in [-0.05, 0) is 27.7 Å². The molecule has 0 aliphatic carbocycles. The van der Waals surface area contributed by atoms with E-state index in [0.717, 1.165) is 0 Å². The first-order valence-electron chi connectivity index (χ1n) is 11.1. The Morgan fingerprint density at radius 2 is 1.31 bits per heavy atom. The van der Waals surface area contributed by atoms with Crippen molar-refractivity contribution in [1.82, 2.24) is 0 Å². The largest absolute Gasteiger partial charge is 0.459 e. The van der Waals surface area contributed by atoms with Crippen molar-refractivity contribution in [2.24, 2.45) is 0 Å². The molecule has 0 amide bonds. The zero-order chi connectivity index (χ0) is 26.4. The molecule has 35 heavy (non-hydrogen) atoms. The molecule has 0 unspecified atom stereocenters. The molecule has 0 radical (unpaired) electrons. The van der Waals surface area contributed by atoms with E-state index in [4.69, 9.17) is 23.7 Å². The number of carbonyl (C=O) groups is 2. The van der Waals surface area contributed by atoms with E-state index < -0.39 is 86.6 Å². The van der Waals surface area contributed by atoms with Gasteiger partial charge in [-0.25, -0.2) is 9.59 Å². The molecule has 0 aromatic heterocycles. The van der Waals surface area contributed by atoms with Gasteiger partial charge >= 0.3 is 11.9 Å². The lowest BCUT2D eigenvalue weighted by molar-refractivity contribution is -0.376. The molecule has 2 aliphatic rings. The van der Waals surface area contributed by atoms with Crippen LogP contribution in [0.5, 0.6) is 0 Å². The summed E-state index contributed by atoms with van der Waals surface area (Å²) in [4.78, 5) is 24.1. The average molecular weight is 507 g/mol. The quantitative estimate of drug-likeness (QED) is 0.151. The lowest BCUT2D eigenvalue weighted by Gasteiger charge is -2.45. The van der Waals surface area contributed by atoms with Crippen molar-refractivity contribution in [3.05, 3.63) is 23.3 Å². The fourth-order valence-electron chi connectivity index (χ4n) is 3.33. The Kier molecular flexibility index (Phi) is 10.8. The van der Waals surface area contributed by atoms with Crippen molar-refractivity contribution in [2.45, 2.75) is 89.1 Å². The standard InChI is InChI=1S/C22H34O13/c1-5-9(3)19(29)31-8-12-13(24)15(26)16(27)21(33-12)35-22-17(28)18(14(25)11(7-23)32-22)34-20(30)10(4)6-2/h5-6,11-18,21-28H,7-8H2,1-4H3/b9-5-,10-6-/t11-,12-,13-,14-,15+,16-,17-,18+,21-,22-/m1/s1.